The minimum atomic E-state index is -1.36. The van der Waals surface area contributed by atoms with Crippen molar-refractivity contribution in [3.63, 3.8) is 0 Å². The molecule has 0 bridgehead atoms. The van der Waals surface area contributed by atoms with Gasteiger partial charge in [-0.15, -0.1) is 23.1 Å². The number of carbonyl (C=O) groups excluding carboxylic acids is 5. The second-order valence-electron chi connectivity index (χ2n) is 9.73. The van der Waals surface area contributed by atoms with Gasteiger partial charge in [0.2, 0.25) is 12.7 Å². The lowest BCUT2D eigenvalue weighted by Crippen LogP contribution is -2.74. The van der Waals surface area contributed by atoms with Crippen molar-refractivity contribution < 1.29 is 43.0 Å². The van der Waals surface area contributed by atoms with Gasteiger partial charge in [0.25, 0.3) is 5.91 Å². The lowest BCUT2D eigenvalue weighted by Gasteiger charge is -2.53. The summed E-state index contributed by atoms with van der Waals surface area (Å²) in [5, 5.41) is 7.62. The fourth-order valence-electron chi connectivity index (χ4n) is 3.69. The maximum absolute atomic E-state index is 13.2. The number of anilines is 1. The molecule has 3 heterocycles. The third-order valence-electron chi connectivity index (χ3n) is 5.71. The average molecular weight is 599 g/mol. The van der Waals surface area contributed by atoms with Crippen LogP contribution in [0.3, 0.4) is 0 Å². The van der Waals surface area contributed by atoms with Gasteiger partial charge in [-0.25, -0.2) is 9.78 Å². The third-order valence-corrected chi connectivity index (χ3v) is 7.94. The number of nitrogens with zero attached hydrogens (tertiary/aromatic N) is 3. The van der Waals surface area contributed by atoms with E-state index in [1.54, 1.807) is 20.8 Å². The highest BCUT2D eigenvalue weighted by atomic mass is 32.2. The van der Waals surface area contributed by atoms with E-state index in [-0.39, 0.29) is 35.4 Å². The van der Waals surface area contributed by atoms with Crippen molar-refractivity contribution >= 4 is 63.8 Å². The van der Waals surface area contributed by atoms with Crippen LogP contribution in [0.4, 0.5) is 9.93 Å². The number of primary amides is 1. The molecule has 2 aliphatic rings. The van der Waals surface area contributed by atoms with Crippen LogP contribution in [0.1, 0.15) is 26.5 Å². The molecule has 2 unspecified atom stereocenters. The first-order valence-corrected chi connectivity index (χ1v) is 13.7. The minimum absolute atomic E-state index is 0.101. The topological polar surface area (TPSA) is 215 Å². The number of thiazole rings is 1. The van der Waals surface area contributed by atoms with Crippen molar-refractivity contribution in [2.45, 2.75) is 32.2 Å². The van der Waals surface area contributed by atoms with Gasteiger partial charge < -0.3 is 40.7 Å². The summed E-state index contributed by atoms with van der Waals surface area (Å²) < 4.78 is 15.0. The Morgan fingerprint density at radius 3 is 2.60 bits per heavy atom. The predicted octanol–water partition coefficient (Wildman–Crippen LogP) is 0.204. The molecule has 0 aromatic carbocycles. The van der Waals surface area contributed by atoms with Gasteiger partial charge in [-0.2, -0.15) is 0 Å². The summed E-state index contributed by atoms with van der Waals surface area (Å²) in [6.07, 6.45) is 1.87. The number of rotatable bonds is 10. The van der Waals surface area contributed by atoms with Gasteiger partial charge in [-0.05, 0) is 26.8 Å². The standard InChI is InChI=1S/C23H30N6O9S2/c1-22(2,3)18(32)37-11-38-19(33)23(6-5-7-36-21(25)34)9-29-16(31)14(17(29)40-10-23)27-15(30)13(28-35-4)12-8-39-20(24)26-12/h5-6,8,14,17H,7,9-11H2,1-4H3,(H2,24,26)(H2,25,34)(H,27,30)/t14?,17-,23?/m1/s1. The van der Waals surface area contributed by atoms with Gasteiger partial charge in [0.05, 0.1) is 5.41 Å². The molecule has 17 heteroatoms. The molecule has 1 aromatic rings. The number of amides is 3. The van der Waals surface area contributed by atoms with Crippen LogP contribution >= 0.6 is 23.1 Å². The maximum atomic E-state index is 13.2. The second-order valence-corrected chi connectivity index (χ2v) is 11.7. The van der Waals surface area contributed by atoms with Crippen LogP contribution in [0.2, 0.25) is 0 Å². The van der Waals surface area contributed by atoms with Crippen LogP contribution in [0, 0.1) is 10.8 Å². The van der Waals surface area contributed by atoms with Gasteiger partial charge in [0.15, 0.2) is 10.8 Å². The number of nitrogen functional groups attached to an aromatic ring is 1. The average Bonchev–Trinajstić information content (AvgIpc) is 3.32. The largest absolute Gasteiger partial charge is 0.445 e. The molecule has 0 aliphatic carbocycles. The summed E-state index contributed by atoms with van der Waals surface area (Å²) in [5.74, 6) is -2.32. The summed E-state index contributed by atoms with van der Waals surface area (Å²) in [7, 11) is 1.26. The van der Waals surface area contributed by atoms with Gasteiger partial charge in [0, 0.05) is 17.7 Å². The number of β-lactam (4-membered cyclic amide) rings is 1. The van der Waals surface area contributed by atoms with E-state index in [9.17, 15) is 24.0 Å². The van der Waals surface area contributed by atoms with Crippen molar-refractivity contribution in [2.75, 3.05) is 38.5 Å². The van der Waals surface area contributed by atoms with Crippen molar-refractivity contribution in [1.29, 1.82) is 0 Å². The Morgan fingerprint density at radius 2 is 2.00 bits per heavy atom. The van der Waals surface area contributed by atoms with Crippen molar-refractivity contribution in [1.82, 2.24) is 15.2 Å². The monoisotopic (exact) mass is 598 g/mol. The lowest BCUT2D eigenvalue weighted by molar-refractivity contribution is -0.178. The first-order valence-electron chi connectivity index (χ1n) is 11.8. The van der Waals surface area contributed by atoms with E-state index in [0.29, 0.717) is 0 Å². The predicted molar refractivity (Wildman–Crippen MR) is 144 cm³/mol. The maximum Gasteiger partial charge on any atom is 0.404 e. The summed E-state index contributed by atoms with van der Waals surface area (Å²) in [6.45, 7) is 4.02. The number of carbonyl (C=O) groups is 5. The molecule has 1 aromatic heterocycles. The van der Waals surface area contributed by atoms with E-state index in [2.05, 4.69) is 15.5 Å². The molecule has 0 radical (unpaired) electrons. The molecule has 0 saturated carbocycles. The highest BCUT2D eigenvalue weighted by molar-refractivity contribution is 8.00. The van der Waals surface area contributed by atoms with E-state index < -0.39 is 58.9 Å². The van der Waals surface area contributed by atoms with E-state index in [1.807, 2.05) is 0 Å². The van der Waals surface area contributed by atoms with Crippen LogP contribution in [0.25, 0.3) is 0 Å². The Kier molecular flexibility index (Phi) is 9.62. The first-order chi connectivity index (χ1) is 18.8. The minimum Gasteiger partial charge on any atom is -0.445 e. The fraction of sp³-hybridized carbons (Fsp3) is 0.522. The number of esters is 2. The van der Waals surface area contributed by atoms with Gasteiger partial charge >= 0.3 is 18.0 Å². The molecule has 2 aliphatic heterocycles. The zero-order valence-corrected chi connectivity index (χ0v) is 23.8. The normalized spacial score (nSPS) is 22.6. The molecule has 3 amide bonds. The molecular formula is C23H30N6O9S2. The smallest absolute Gasteiger partial charge is 0.404 e. The number of fused-ring (bicyclic) bond motifs is 1. The summed E-state index contributed by atoms with van der Waals surface area (Å²) in [6, 6.07) is -0.903. The molecule has 0 spiro atoms. The molecule has 2 saturated heterocycles. The van der Waals surface area contributed by atoms with Crippen LogP contribution < -0.4 is 16.8 Å². The number of thioether (sulfide) groups is 1. The van der Waals surface area contributed by atoms with Crippen molar-refractivity contribution in [2.24, 2.45) is 21.7 Å². The zero-order chi connectivity index (χ0) is 29.7. The van der Waals surface area contributed by atoms with Crippen LogP contribution in [-0.4, -0.2) is 89.7 Å². The van der Waals surface area contributed by atoms with E-state index >= 15 is 0 Å². The Morgan fingerprint density at radius 1 is 1.27 bits per heavy atom. The molecular weight excluding hydrogens is 568 g/mol. The molecule has 5 N–H and O–H groups in total. The fourth-order valence-corrected chi connectivity index (χ4v) is 5.75. The SMILES string of the molecule is CON=C(C(=O)NC1C(=O)N2CC(C=CCOC(N)=O)(C(=O)OCOC(=O)C(C)(C)C)CS[C@H]12)c1csc(N)n1. The Balaban J connectivity index is 1.70. The Hall–Kier alpha value is -3.86. The summed E-state index contributed by atoms with van der Waals surface area (Å²) >= 11 is 2.34. The van der Waals surface area contributed by atoms with Crippen LogP contribution in [-0.2, 0) is 38.2 Å². The highest BCUT2D eigenvalue weighted by Gasteiger charge is 2.57. The van der Waals surface area contributed by atoms with Crippen LogP contribution in [0.5, 0.6) is 0 Å². The van der Waals surface area contributed by atoms with Crippen molar-refractivity contribution in [3.05, 3.63) is 23.2 Å². The number of nitrogens with two attached hydrogens (primary N) is 2. The Labute approximate surface area is 237 Å². The highest BCUT2D eigenvalue weighted by Crippen LogP contribution is 2.43. The number of aromatic nitrogens is 1. The summed E-state index contributed by atoms with van der Waals surface area (Å²) in [4.78, 5) is 72.3. The zero-order valence-electron chi connectivity index (χ0n) is 22.2. The van der Waals surface area contributed by atoms with Crippen LogP contribution in [0.15, 0.2) is 22.7 Å². The molecule has 2 fully saturated rings. The number of oxime groups is 1. The Bertz CT molecular complexity index is 1230. The number of ether oxygens (including phenoxy) is 3. The molecule has 15 nitrogen and oxygen atoms in total. The second kappa shape index (κ2) is 12.5. The van der Waals surface area contributed by atoms with E-state index in [0.717, 1.165) is 11.3 Å². The van der Waals surface area contributed by atoms with E-state index in [1.165, 1.54) is 41.3 Å². The van der Waals surface area contributed by atoms with Gasteiger partial charge in [-0.3, -0.25) is 19.2 Å². The number of nitrogens with one attached hydrogen (secondary N) is 1. The number of hydrogen-bond donors (Lipinski definition) is 3. The third kappa shape index (κ3) is 7.01. The van der Waals surface area contributed by atoms with Crippen molar-refractivity contribution in [3.8, 4) is 0 Å². The van der Waals surface area contributed by atoms with Gasteiger partial charge in [0.1, 0.15) is 36.2 Å². The quantitative estimate of drug-likeness (QED) is 0.0822. The molecule has 3 atom stereocenters. The number of hydrogen-bond acceptors (Lipinski definition) is 14. The van der Waals surface area contributed by atoms with Gasteiger partial charge in [-0.1, -0.05) is 11.2 Å². The summed E-state index contributed by atoms with van der Waals surface area (Å²) in [5.41, 5.74) is 8.52. The molecule has 218 valence electrons. The first kappa shape index (κ1) is 30.7. The van der Waals surface area contributed by atoms with E-state index in [4.69, 9.17) is 30.5 Å². The lowest BCUT2D eigenvalue weighted by atomic mass is 9.86. The molecule has 3 rings (SSSR count). The molecule has 40 heavy (non-hydrogen) atoms.